The van der Waals surface area contributed by atoms with Crippen molar-refractivity contribution in [3.8, 4) is 11.8 Å². The minimum Gasteiger partial charge on any atom is -0.496 e. The first-order valence-electron chi connectivity index (χ1n) is 12.5. The zero-order valence-corrected chi connectivity index (χ0v) is 24.1. The molecule has 1 aromatic carbocycles. The molecule has 1 aliphatic heterocycles. The van der Waals surface area contributed by atoms with Crippen LogP contribution >= 0.6 is 11.6 Å². The number of nitriles is 1. The third kappa shape index (κ3) is 5.24. The minimum atomic E-state index is -0.179. The molecule has 0 saturated carbocycles. The summed E-state index contributed by atoms with van der Waals surface area (Å²) >= 11 is 6.68. The molecule has 37 heavy (non-hydrogen) atoms. The fourth-order valence-corrected chi connectivity index (χ4v) is 5.11. The number of amides is 2. The van der Waals surface area contributed by atoms with Gasteiger partial charge in [-0.1, -0.05) is 24.1 Å². The van der Waals surface area contributed by atoms with Crippen molar-refractivity contribution in [2.45, 2.75) is 53.0 Å². The monoisotopic (exact) mass is 524 g/mol. The third-order valence-electron chi connectivity index (χ3n) is 7.48. The quantitative estimate of drug-likeness (QED) is 0.455. The molecule has 0 N–H and O–H groups in total. The van der Waals surface area contributed by atoms with Gasteiger partial charge in [-0.25, -0.2) is 14.8 Å². The van der Waals surface area contributed by atoms with Crippen LogP contribution in [0.1, 0.15) is 74.0 Å². The van der Waals surface area contributed by atoms with Crippen LogP contribution < -0.4 is 9.64 Å². The smallest absolute Gasteiger partial charge is 0.319 e. The summed E-state index contributed by atoms with van der Waals surface area (Å²) in [6.45, 7) is 11.5. The lowest BCUT2D eigenvalue weighted by Gasteiger charge is -2.42. The van der Waals surface area contributed by atoms with E-state index in [-0.39, 0.29) is 18.0 Å². The lowest BCUT2D eigenvalue weighted by Crippen LogP contribution is -2.52. The molecule has 0 spiro atoms. The molecule has 0 bridgehead atoms. The number of carbonyl (C=O) groups is 1. The van der Waals surface area contributed by atoms with Gasteiger partial charge in [-0.15, -0.1) is 0 Å². The van der Waals surface area contributed by atoms with Crippen molar-refractivity contribution in [1.82, 2.24) is 19.8 Å². The fraction of sp³-hybridized carbons (Fsp3) is 0.500. The van der Waals surface area contributed by atoms with Crippen molar-refractivity contribution in [2.75, 3.05) is 46.2 Å². The van der Waals surface area contributed by atoms with Gasteiger partial charge in [0.15, 0.2) is 0 Å². The highest BCUT2D eigenvalue weighted by atomic mass is 35.5. The maximum Gasteiger partial charge on any atom is 0.319 e. The molecule has 0 aliphatic carbocycles. The Balaban J connectivity index is 2.10. The largest absolute Gasteiger partial charge is 0.496 e. The number of anilines is 1. The van der Waals surface area contributed by atoms with E-state index in [1.54, 1.807) is 37.3 Å². The second kappa shape index (κ2) is 11.4. The topological polar surface area (TPSA) is 85.6 Å². The van der Waals surface area contributed by atoms with Crippen molar-refractivity contribution in [2.24, 2.45) is 0 Å². The van der Waals surface area contributed by atoms with Crippen molar-refractivity contribution in [3.63, 3.8) is 0 Å². The van der Waals surface area contributed by atoms with Crippen LogP contribution in [0.3, 0.4) is 0 Å². The molecule has 1 fully saturated rings. The number of rotatable bonds is 7. The molecule has 9 heteroatoms. The van der Waals surface area contributed by atoms with E-state index in [1.165, 1.54) is 11.1 Å². The lowest BCUT2D eigenvalue weighted by molar-refractivity contribution is 0.127. The summed E-state index contributed by atoms with van der Waals surface area (Å²) in [7, 11) is 7.07. The predicted octanol–water partition coefficient (Wildman–Crippen LogP) is 5.80. The van der Waals surface area contributed by atoms with Gasteiger partial charge in [0.1, 0.15) is 24.0 Å². The first-order chi connectivity index (χ1) is 17.5. The van der Waals surface area contributed by atoms with Crippen molar-refractivity contribution in [1.29, 1.82) is 5.26 Å². The number of aryl methyl sites for hydroxylation is 1. The zero-order chi connectivity index (χ0) is 27.6. The Morgan fingerprint density at radius 3 is 2.49 bits per heavy atom. The molecule has 2 aromatic rings. The first-order valence-corrected chi connectivity index (χ1v) is 12.8. The summed E-state index contributed by atoms with van der Waals surface area (Å²) in [5.41, 5.74) is 6.40. The molecule has 1 saturated heterocycles. The van der Waals surface area contributed by atoms with Crippen LogP contribution in [0.25, 0.3) is 5.57 Å². The normalized spacial score (nSPS) is 14.9. The lowest BCUT2D eigenvalue weighted by atomic mass is 9.85. The number of urea groups is 1. The number of methoxy groups -OCH3 is 1. The molecule has 198 valence electrons. The maximum atomic E-state index is 12.4. The number of benzene rings is 1. The molecule has 1 aromatic heterocycles. The predicted molar refractivity (Wildman–Crippen MR) is 148 cm³/mol. The Hall–Kier alpha value is -3.31. The summed E-state index contributed by atoms with van der Waals surface area (Å²) in [6, 6.07) is 3.85. The molecule has 1 unspecified atom stereocenters. The summed E-state index contributed by atoms with van der Waals surface area (Å²) in [4.78, 5) is 26.9. The molecule has 2 heterocycles. The van der Waals surface area contributed by atoms with Crippen molar-refractivity contribution < 1.29 is 9.53 Å². The summed E-state index contributed by atoms with van der Waals surface area (Å²) < 4.78 is 5.95. The Morgan fingerprint density at radius 2 is 1.95 bits per heavy atom. The number of aromatic nitrogens is 2. The van der Waals surface area contributed by atoms with E-state index in [0.717, 1.165) is 34.6 Å². The van der Waals surface area contributed by atoms with Crippen molar-refractivity contribution >= 4 is 29.0 Å². The van der Waals surface area contributed by atoms with E-state index < -0.39 is 0 Å². The van der Waals surface area contributed by atoms with Crippen molar-refractivity contribution in [3.05, 3.63) is 50.9 Å². The molecule has 0 radical (unpaired) electrons. The van der Waals surface area contributed by atoms with Gasteiger partial charge in [0.05, 0.1) is 29.4 Å². The van der Waals surface area contributed by atoms with Crippen LogP contribution in [0.2, 0.25) is 5.02 Å². The van der Waals surface area contributed by atoms with E-state index in [2.05, 4.69) is 48.6 Å². The summed E-state index contributed by atoms with van der Waals surface area (Å²) in [6.07, 6.45) is 2.53. The van der Waals surface area contributed by atoms with Gasteiger partial charge >= 0.3 is 6.03 Å². The summed E-state index contributed by atoms with van der Waals surface area (Å²) in [5.74, 6) is 1.41. The van der Waals surface area contributed by atoms with E-state index >= 15 is 0 Å². The maximum absolute atomic E-state index is 12.4. The van der Waals surface area contributed by atoms with Crippen LogP contribution in [0.5, 0.6) is 5.75 Å². The average molecular weight is 525 g/mol. The van der Waals surface area contributed by atoms with E-state index in [4.69, 9.17) is 16.3 Å². The zero-order valence-electron chi connectivity index (χ0n) is 23.3. The van der Waals surface area contributed by atoms with Gasteiger partial charge in [0.25, 0.3) is 0 Å². The molecular formula is C28H37ClN6O2. The minimum absolute atomic E-state index is 0.0438. The highest BCUT2D eigenvalue weighted by molar-refractivity contribution is 6.32. The second-order valence-electron chi connectivity index (χ2n) is 9.86. The van der Waals surface area contributed by atoms with Crippen LogP contribution in [0.15, 0.2) is 18.0 Å². The third-order valence-corrected chi connectivity index (χ3v) is 7.78. The van der Waals surface area contributed by atoms with E-state index in [1.807, 2.05) is 20.0 Å². The number of halogens is 1. The highest BCUT2D eigenvalue weighted by Crippen LogP contribution is 2.45. The SMILES string of the molecule is CCC(C)=C(C)c1c(C)ncnc1N(C)C(C)c1cc(Cl)c(C#N)c(C2CN(C(=O)N(C)C)C2)c1OC. The molecule has 3 rings (SSSR count). The van der Waals surface area contributed by atoms with Crippen LogP contribution in [-0.4, -0.2) is 67.1 Å². The van der Waals surface area contributed by atoms with E-state index in [9.17, 15) is 10.1 Å². The number of allylic oxidation sites excluding steroid dienone is 2. The Kier molecular flexibility index (Phi) is 8.70. The number of nitrogens with zero attached hydrogens (tertiary/aromatic N) is 6. The molecule has 1 aliphatic rings. The van der Waals surface area contributed by atoms with Gasteiger partial charge < -0.3 is 19.4 Å². The molecule has 8 nitrogen and oxygen atoms in total. The second-order valence-corrected chi connectivity index (χ2v) is 10.3. The molecule has 2 amide bonds. The Morgan fingerprint density at radius 1 is 1.30 bits per heavy atom. The highest BCUT2D eigenvalue weighted by Gasteiger charge is 2.38. The standard InChI is InChI=1S/C28H37ClN6O2/c1-10-16(2)17(3)24-18(4)31-15-32-27(24)34(8)19(5)21-11-23(29)22(12-30)25(26(21)37-9)20-13-35(14-20)28(36)33(6)7/h11,15,19-20H,10,13-14H2,1-9H3. The van der Waals surface area contributed by atoms with Gasteiger partial charge in [-0.3, -0.25) is 0 Å². The number of likely N-dealkylation sites (tertiary alicyclic amines) is 1. The molecule has 1 atom stereocenters. The van der Waals surface area contributed by atoms with E-state index in [0.29, 0.717) is 29.4 Å². The summed E-state index contributed by atoms with van der Waals surface area (Å²) in [5, 5.41) is 10.3. The van der Waals surface area contributed by atoms with Gasteiger partial charge in [-0.05, 0) is 45.8 Å². The van der Waals surface area contributed by atoms with Crippen LogP contribution in [0.4, 0.5) is 10.6 Å². The molecular weight excluding hydrogens is 488 g/mol. The number of hydrogen-bond donors (Lipinski definition) is 0. The van der Waals surface area contributed by atoms with Crippen LogP contribution in [0, 0.1) is 18.3 Å². The number of hydrogen-bond acceptors (Lipinski definition) is 6. The Bertz CT molecular complexity index is 1260. The van der Waals surface area contributed by atoms with Crippen LogP contribution in [-0.2, 0) is 0 Å². The van der Waals surface area contributed by atoms with Gasteiger partial charge in [-0.2, -0.15) is 5.26 Å². The van der Waals surface area contributed by atoms with Gasteiger partial charge in [0, 0.05) is 56.8 Å². The fourth-order valence-electron chi connectivity index (χ4n) is 4.85. The Labute approximate surface area is 225 Å². The number of ether oxygens (including phenoxy) is 1. The first kappa shape index (κ1) is 28.3. The average Bonchev–Trinajstić information content (AvgIpc) is 2.85. The number of carbonyl (C=O) groups excluding carboxylic acids is 1. The van der Waals surface area contributed by atoms with Gasteiger partial charge in [0.2, 0.25) is 0 Å².